The van der Waals surface area contributed by atoms with Crippen LogP contribution in [0.5, 0.6) is 0 Å². The molecule has 0 atom stereocenters. The van der Waals surface area contributed by atoms with Crippen molar-refractivity contribution in [3.63, 3.8) is 0 Å². The van der Waals surface area contributed by atoms with Crippen LogP contribution in [0.1, 0.15) is 24.0 Å². The summed E-state index contributed by atoms with van der Waals surface area (Å²) >= 11 is 3.50. The maximum atomic E-state index is 11.5. The molecule has 2 nitrogen and oxygen atoms in total. The standard InChI is InChI=1S/C13H16BrNO/c1-4-5-6-12(16)15-11-7-9(2)13(14)10(3)8-11/h4,7-8H,1,5-6H2,2-3H3,(H,15,16). The highest BCUT2D eigenvalue weighted by atomic mass is 79.9. The van der Waals surface area contributed by atoms with Crippen LogP contribution in [0.25, 0.3) is 0 Å². The summed E-state index contributed by atoms with van der Waals surface area (Å²) in [5.41, 5.74) is 3.10. The Morgan fingerprint density at radius 1 is 1.44 bits per heavy atom. The van der Waals surface area contributed by atoms with Gasteiger partial charge in [-0.2, -0.15) is 0 Å². The van der Waals surface area contributed by atoms with E-state index in [1.54, 1.807) is 6.08 Å². The number of nitrogens with one attached hydrogen (secondary N) is 1. The molecular weight excluding hydrogens is 266 g/mol. The molecule has 3 heteroatoms. The minimum Gasteiger partial charge on any atom is -0.326 e. The minimum atomic E-state index is 0.0287. The molecule has 0 aliphatic rings. The average molecular weight is 282 g/mol. The Hall–Kier alpha value is -1.09. The largest absolute Gasteiger partial charge is 0.326 e. The van der Waals surface area contributed by atoms with E-state index in [1.807, 2.05) is 26.0 Å². The van der Waals surface area contributed by atoms with Gasteiger partial charge in [0, 0.05) is 16.6 Å². The van der Waals surface area contributed by atoms with E-state index in [0.717, 1.165) is 21.3 Å². The van der Waals surface area contributed by atoms with Gasteiger partial charge >= 0.3 is 0 Å². The van der Waals surface area contributed by atoms with Crippen LogP contribution in [0.15, 0.2) is 29.3 Å². The van der Waals surface area contributed by atoms with E-state index >= 15 is 0 Å². The number of rotatable bonds is 4. The summed E-state index contributed by atoms with van der Waals surface area (Å²) in [5.74, 6) is 0.0287. The van der Waals surface area contributed by atoms with Gasteiger partial charge in [-0.1, -0.05) is 22.0 Å². The fourth-order valence-electron chi connectivity index (χ4n) is 1.47. The highest BCUT2D eigenvalue weighted by Gasteiger charge is 2.05. The highest BCUT2D eigenvalue weighted by molar-refractivity contribution is 9.10. The van der Waals surface area contributed by atoms with Crippen LogP contribution in [-0.4, -0.2) is 5.91 Å². The lowest BCUT2D eigenvalue weighted by Gasteiger charge is -2.09. The zero-order valence-corrected chi connectivity index (χ0v) is 11.2. The summed E-state index contributed by atoms with van der Waals surface area (Å²) in [4.78, 5) is 11.5. The van der Waals surface area contributed by atoms with Crippen molar-refractivity contribution in [3.8, 4) is 0 Å². The Bertz CT molecular complexity index is 389. The van der Waals surface area contributed by atoms with Crippen LogP contribution in [0.3, 0.4) is 0 Å². The van der Waals surface area contributed by atoms with Crippen LogP contribution in [-0.2, 0) is 4.79 Å². The first-order chi connectivity index (χ1) is 7.54. The van der Waals surface area contributed by atoms with Crippen molar-refractivity contribution in [1.82, 2.24) is 0 Å². The lowest BCUT2D eigenvalue weighted by atomic mass is 10.1. The molecule has 0 saturated heterocycles. The average Bonchev–Trinajstić information content (AvgIpc) is 2.23. The Kier molecular flexibility index (Phi) is 4.74. The molecule has 86 valence electrons. The summed E-state index contributed by atoms with van der Waals surface area (Å²) in [6, 6.07) is 3.92. The molecule has 1 amide bonds. The first kappa shape index (κ1) is 13.0. The molecule has 1 aromatic carbocycles. The van der Waals surface area contributed by atoms with Gasteiger partial charge in [0.2, 0.25) is 5.91 Å². The fraction of sp³-hybridized carbons (Fsp3) is 0.308. The molecule has 0 unspecified atom stereocenters. The molecule has 16 heavy (non-hydrogen) atoms. The van der Waals surface area contributed by atoms with Gasteiger partial charge in [0.1, 0.15) is 0 Å². The summed E-state index contributed by atoms with van der Waals surface area (Å²) in [7, 11) is 0. The van der Waals surface area contributed by atoms with Crippen molar-refractivity contribution in [2.24, 2.45) is 0 Å². The van der Waals surface area contributed by atoms with Gasteiger partial charge in [0.15, 0.2) is 0 Å². The fourth-order valence-corrected chi connectivity index (χ4v) is 1.70. The number of amides is 1. The SMILES string of the molecule is C=CCCC(=O)Nc1cc(C)c(Br)c(C)c1. The van der Waals surface area contributed by atoms with Crippen molar-refractivity contribution in [3.05, 3.63) is 40.4 Å². The molecule has 0 aromatic heterocycles. The molecule has 0 bridgehead atoms. The van der Waals surface area contributed by atoms with Gasteiger partial charge in [-0.15, -0.1) is 6.58 Å². The number of benzene rings is 1. The zero-order chi connectivity index (χ0) is 12.1. The number of hydrogen-bond acceptors (Lipinski definition) is 1. The highest BCUT2D eigenvalue weighted by Crippen LogP contribution is 2.25. The number of aryl methyl sites for hydroxylation is 2. The van der Waals surface area contributed by atoms with E-state index in [4.69, 9.17) is 0 Å². The number of hydrogen-bond donors (Lipinski definition) is 1. The smallest absolute Gasteiger partial charge is 0.224 e. The topological polar surface area (TPSA) is 29.1 Å². The molecule has 0 aliphatic heterocycles. The minimum absolute atomic E-state index is 0.0287. The van der Waals surface area contributed by atoms with Crippen molar-refractivity contribution in [1.29, 1.82) is 0 Å². The Morgan fingerprint density at radius 3 is 2.50 bits per heavy atom. The van der Waals surface area contributed by atoms with Crippen molar-refractivity contribution in [2.45, 2.75) is 26.7 Å². The predicted octanol–water partition coefficient (Wildman–Crippen LogP) is 3.97. The third-order valence-corrected chi connectivity index (χ3v) is 3.55. The maximum absolute atomic E-state index is 11.5. The quantitative estimate of drug-likeness (QED) is 0.832. The molecule has 0 spiro atoms. The first-order valence-electron chi connectivity index (χ1n) is 5.22. The van der Waals surface area contributed by atoms with Crippen LogP contribution < -0.4 is 5.32 Å². The van der Waals surface area contributed by atoms with E-state index in [0.29, 0.717) is 12.8 Å². The van der Waals surface area contributed by atoms with E-state index < -0.39 is 0 Å². The van der Waals surface area contributed by atoms with Gasteiger partial charge < -0.3 is 5.32 Å². The van der Waals surface area contributed by atoms with Gasteiger partial charge in [-0.3, -0.25) is 4.79 Å². The lowest BCUT2D eigenvalue weighted by molar-refractivity contribution is -0.116. The van der Waals surface area contributed by atoms with Gasteiger partial charge in [-0.25, -0.2) is 0 Å². The van der Waals surface area contributed by atoms with Crippen molar-refractivity contribution in [2.75, 3.05) is 5.32 Å². The molecule has 0 radical (unpaired) electrons. The third-order valence-electron chi connectivity index (χ3n) is 2.30. The summed E-state index contributed by atoms with van der Waals surface area (Å²) in [6.45, 7) is 7.61. The maximum Gasteiger partial charge on any atom is 0.224 e. The summed E-state index contributed by atoms with van der Waals surface area (Å²) < 4.78 is 1.09. The first-order valence-corrected chi connectivity index (χ1v) is 6.01. The summed E-state index contributed by atoms with van der Waals surface area (Å²) in [6.07, 6.45) is 2.94. The van der Waals surface area contributed by atoms with Gasteiger partial charge in [-0.05, 0) is 43.5 Å². The molecule has 1 N–H and O–H groups in total. The monoisotopic (exact) mass is 281 g/mol. The second-order valence-corrected chi connectivity index (χ2v) is 4.59. The second-order valence-electron chi connectivity index (χ2n) is 3.80. The number of carbonyl (C=O) groups is 1. The lowest BCUT2D eigenvalue weighted by Crippen LogP contribution is -2.11. The molecule has 0 saturated carbocycles. The van der Waals surface area contributed by atoms with E-state index in [9.17, 15) is 4.79 Å². The Balaban J connectivity index is 2.74. The van der Waals surface area contributed by atoms with Crippen LogP contribution >= 0.6 is 15.9 Å². The number of allylic oxidation sites excluding steroid dienone is 1. The Morgan fingerprint density at radius 2 is 2.00 bits per heavy atom. The second kappa shape index (κ2) is 5.85. The van der Waals surface area contributed by atoms with Crippen molar-refractivity contribution >= 4 is 27.5 Å². The number of carbonyl (C=O) groups excluding carboxylic acids is 1. The van der Waals surface area contributed by atoms with E-state index in [2.05, 4.69) is 27.8 Å². The molecule has 0 heterocycles. The molecule has 0 aliphatic carbocycles. The Labute approximate surface area is 105 Å². The normalized spacial score (nSPS) is 9.94. The number of halogens is 1. The van der Waals surface area contributed by atoms with Crippen LogP contribution in [0.2, 0.25) is 0 Å². The predicted molar refractivity (Wildman–Crippen MR) is 71.7 cm³/mol. The van der Waals surface area contributed by atoms with E-state index in [-0.39, 0.29) is 5.91 Å². The molecular formula is C13H16BrNO. The summed E-state index contributed by atoms with van der Waals surface area (Å²) in [5, 5.41) is 2.88. The van der Waals surface area contributed by atoms with Crippen LogP contribution in [0, 0.1) is 13.8 Å². The van der Waals surface area contributed by atoms with Gasteiger partial charge in [0.25, 0.3) is 0 Å². The van der Waals surface area contributed by atoms with Gasteiger partial charge in [0.05, 0.1) is 0 Å². The van der Waals surface area contributed by atoms with E-state index in [1.165, 1.54) is 0 Å². The number of anilines is 1. The molecule has 1 rings (SSSR count). The van der Waals surface area contributed by atoms with Crippen molar-refractivity contribution < 1.29 is 4.79 Å². The van der Waals surface area contributed by atoms with Crippen LogP contribution in [0.4, 0.5) is 5.69 Å². The zero-order valence-electron chi connectivity index (χ0n) is 9.64. The molecule has 0 fully saturated rings. The molecule has 1 aromatic rings. The third kappa shape index (κ3) is 3.49.